The van der Waals surface area contributed by atoms with Crippen molar-refractivity contribution in [2.24, 2.45) is 0 Å². The molecule has 2 amide bonds. The molecule has 1 aromatic carbocycles. The Morgan fingerprint density at radius 3 is 2.41 bits per heavy atom. The number of carbonyl (C=O) groups excluding carboxylic acids is 2. The van der Waals surface area contributed by atoms with Gasteiger partial charge in [0.15, 0.2) is 0 Å². The second-order valence-corrected chi connectivity index (χ2v) is 7.35. The first-order valence-electron chi connectivity index (χ1n) is 6.58. The molecule has 0 aliphatic heterocycles. The van der Waals surface area contributed by atoms with E-state index in [-0.39, 0.29) is 18.2 Å². The van der Waals surface area contributed by atoms with E-state index in [0.29, 0.717) is 18.7 Å². The molecule has 0 radical (unpaired) electrons. The van der Waals surface area contributed by atoms with E-state index < -0.39 is 0 Å². The largest absolute Gasteiger partial charge is 0.352 e. The van der Waals surface area contributed by atoms with E-state index in [1.54, 1.807) is 35.6 Å². The first-order chi connectivity index (χ1) is 10.5. The van der Waals surface area contributed by atoms with Crippen LogP contribution in [0.1, 0.15) is 21.7 Å². The molecule has 0 bridgehead atoms. The van der Waals surface area contributed by atoms with Crippen LogP contribution in [0.5, 0.6) is 0 Å². The Kier molecular flexibility index (Phi) is 6.60. The molecular formula is C15H14Br2N2O2S. The standard InChI is InChI=1S/C15H14Br2N2O2S/c16-11-3-1-10(2-4-11)15(21)18-6-5-14(20)19-8-13-7-12(17)9-22-13/h1-4,7,9H,5-6,8H2,(H,18,21)(H,19,20). The molecule has 0 aliphatic rings. The molecule has 1 aromatic heterocycles. The number of halogens is 2. The highest BCUT2D eigenvalue weighted by molar-refractivity contribution is 9.10. The fourth-order valence-corrected chi connectivity index (χ4v) is 3.37. The van der Waals surface area contributed by atoms with Gasteiger partial charge in [-0.1, -0.05) is 15.9 Å². The van der Waals surface area contributed by atoms with E-state index in [4.69, 9.17) is 0 Å². The van der Waals surface area contributed by atoms with Gasteiger partial charge in [0.2, 0.25) is 5.91 Å². The summed E-state index contributed by atoms with van der Waals surface area (Å²) in [5.41, 5.74) is 0.576. The van der Waals surface area contributed by atoms with E-state index in [1.165, 1.54) is 0 Å². The summed E-state index contributed by atoms with van der Waals surface area (Å²) in [5.74, 6) is -0.261. The second kappa shape index (κ2) is 8.45. The number of benzene rings is 1. The lowest BCUT2D eigenvalue weighted by Crippen LogP contribution is -2.30. The van der Waals surface area contributed by atoms with E-state index in [2.05, 4.69) is 42.5 Å². The maximum Gasteiger partial charge on any atom is 0.251 e. The zero-order chi connectivity index (χ0) is 15.9. The van der Waals surface area contributed by atoms with Crippen LogP contribution in [-0.4, -0.2) is 18.4 Å². The third kappa shape index (κ3) is 5.55. The fourth-order valence-electron chi connectivity index (χ4n) is 1.71. The Morgan fingerprint density at radius 2 is 1.77 bits per heavy atom. The van der Waals surface area contributed by atoms with Gasteiger partial charge in [-0.2, -0.15) is 0 Å². The van der Waals surface area contributed by atoms with Crippen molar-refractivity contribution in [1.29, 1.82) is 0 Å². The molecule has 116 valence electrons. The number of hydrogen-bond donors (Lipinski definition) is 2. The monoisotopic (exact) mass is 444 g/mol. The van der Waals surface area contributed by atoms with Crippen LogP contribution >= 0.6 is 43.2 Å². The van der Waals surface area contributed by atoms with Gasteiger partial charge in [-0.15, -0.1) is 11.3 Å². The quantitative estimate of drug-likeness (QED) is 0.711. The van der Waals surface area contributed by atoms with Gasteiger partial charge >= 0.3 is 0 Å². The fraction of sp³-hybridized carbons (Fsp3) is 0.200. The number of nitrogens with one attached hydrogen (secondary N) is 2. The highest BCUT2D eigenvalue weighted by Gasteiger charge is 2.07. The summed E-state index contributed by atoms with van der Waals surface area (Å²) in [5, 5.41) is 7.53. The van der Waals surface area contributed by atoms with Crippen LogP contribution in [0, 0.1) is 0 Å². The van der Waals surface area contributed by atoms with Crippen molar-refractivity contribution in [2.75, 3.05) is 6.54 Å². The molecule has 4 nitrogen and oxygen atoms in total. The van der Waals surface area contributed by atoms with Gasteiger partial charge in [-0.25, -0.2) is 0 Å². The first-order valence-corrected chi connectivity index (χ1v) is 9.04. The topological polar surface area (TPSA) is 58.2 Å². The molecule has 0 saturated heterocycles. The summed E-state index contributed by atoms with van der Waals surface area (Å²) in [6, 6.07) is 9.05. The van der Waals surface area contributed by atoms with Crippen LogP contribution in [0.25, 0.3) is 0 Å². The lowest BCUT2D eigenvalue weighted by atomic mass is 10.2. The van der Waals surface area contributed by atoms with E-state index in [9.17, 15) is 9.59 Å². The highest BCUT2D eigenvalue weighted by atomic mass is 79.9. The van der Waals surface area contributed by atoms with Gasteiger partial charge < -0.3 is 10.6 Å². The molecule has 2 rings (SSSR count). The minimum Gasteiger partial charge on any atom is -0.352 e. The van der Waals surface area contributed by atoms with E-state index >= 15 is 0 Å². The van der Waals surface area contributed by atoms with Crippen molar-refractivity contribution in [1.82, 2.24) is 10.6 Å². The zero-order valence-electron chi connectivity index (χ0n) is 11.6. The van der Waals surface area contributed by atoms with Crippen LogP contribution in [0.3, 0.4) is 0 Å². The molecule has 7 heteroatoms. The Bertz CT molecular complexity index is 656. The number of amides is 2. The maximum absolute atomic E-state index is 11.9. The summed E-state index contributed by atoms with van der Waals surface area (Å²) in [6.07, 6.45) is 0.259. The van der Waals surface area contributed by atoms with Crippen LogP contribution in [0.2, 0.25) is 0 Å². The summed E-state index contributed by atoms with van der Waals surface area (Å²) in [6.45, 7) is 0.824. The number of thiophene rings is 1. The van der Waals surface area contributed by atoms with Gasteiger partial charge in [0.25, 0.3) is 5.91 Å². The molecule has 22 heavy (non-hydrogen) atoms. The van der Waals surface area contributed by atoms with Crippen LogP contribution in [0.15, 0.2) is 44.7 Å². The maximum atomic E-state index is 11.9. The van der Waals surface area contributed by atoms with Crippen LogP contribution in [0.4, 0.5) is 0 Å². The SMILES string of the molecule is O=C(CCNC(=O)c1ccc(Br)cc1)NCc1cc(Br)cs1. The van der Waals surface area contributed by atoms with Crippen LogP contribution < -0.4 is 10.6 Å². The van der Waals surface area contributed by atoms with Crippen molar-refractivity contribution in [3.05, 3.63) is 55.1 Å². The summed E-state index contributed by atoms with van der Waals surface area (Å²) in [7, 11) is 0. The third-order valence-electron chi connectivity index (χ3n) is 2.83. The molecule has 2 aromatic rings. The molecular weight excluding hydrogens is 432 g/mol. The van der Waals surface area contributed by atoms with E-state index in [0.717, 1.165) is 13.8 Å². The van der Waals surface area contributed by atoms with Crippen molar-refractivity contribution in [3.63, 3.8) is 0 Å². The van der Waals surface area contributed by atoms with Crippen molar-refractivity contribution >= 4 is 55.0 Å². The molecule has 0 spiro atoms. The lowest BCUT2D eigenvalue weighted by Gasteiger charge is -2.06. The summed E-state index contributed by atoms with van der Waals surface area (Å²) in [4.78, 5) is 24.7. The third-order valence-corrected chi connectivity index (χ3v) is 5.05. The predicted molar refractivity (Wildman–Crippen MR) is 95.0 cm³/mol. The molecule has 1 heterocycles. The number of hydrogen-bond acceptors (Lipinski definition) is 3. The Morgan fingerprint density at radius 1 is 1.05 bits per heavy atom. The molecule has 0 fully saturated rings. The smallest absolute Gasteiger partial charge is 0.251 e. The normalized spacial score (nSPS) is 10.3. The van der Waals surface area contributed by atoms with E-state index in [1.807, 2.05) is 11.4 Å². The van der Waals surface area contributed by atoms with Crippen LogP contribution in [-0.2, 0) is 11.3 Å². The minimum absolute atomic E-state index is 0.0828. The van der Waals surface area contributed by atoms with Crippen molar-refractivity contribution in [2.45, 2.75) is 13.0 Å². The average Bonchev–Trinajstić information content (AvgIpc) is 2.91. The summed E-state index contributed by atoms with van der Waals surface area (Å²) >= 11 is 8.27. The summed E-state index contributed by atoms with van der Waals surface area (Å²) < 4.78 is 1.94. The van der Waals surface area contributed by atoms with Crippen molar-refractivity contribution < 1.29 is 9.59 Å². The minimum atomic E-state index is -0.178. The van der Waals surface area contributed by atoms with Crippen molar-refractivity contribution in [3.8, 4) is 0 Å². The second-order valence-electron chi connectivity index (χ2n) is 4.52. The van der Waals surface area contributed by atoms with Gasteiger partial charge in [0.1, 0.15) is 0 Å². The lowest BCUT2D eigenvalue weighted by molar-refractivity contribution is -0.121. The van der Waals surface area contributed by atoms with Gasteiger partial charge in [0.05, 0.1) is 6.54 Å². The first kappa shape index (κ1) is 17.2. The predicted octanol–water partition coefficient (Wildman–Crippen LogP) is 3.71. The highest BCUT2D eigenvalue weighted by Crippen LogP contribution is 2.19. The zero-order valence-corrected chi connectivity index (χ0v) is 15.6. The van der Waals surface area contributed by atoms with Gasteiger partial charge in [0, 0.05) is 37.7 Å². The molecule has 0 saturated carbocycles. The molecule has 2 N–H and O–H groups in total. The molecule has 0 atom stereocenters. The Balaban J connectivity index is 1.68. The number of rotatable bonds is 6. The molecule has 0 unspecified atom stereocenters. The Hall–Kier alpha value is -1.18. The van der Waals surface area contributed by atoms with Gasteiger partial charge in [-0.3, -0.25) is 9.59 Å². The molecule has 0 aliphatic carbocycles. The number of carbonyl (C=O) groups is 2. The Labute approximate surface area is 149 Å². The van der Waals surface area contributed by atoms with Gasteiger partial charge in [-0.05, 0) is 46.3 Å². The average molecular weight is 446 g/mol.